The summed E-state index contributed by atoms with van der Waals surface area (Å²) in [7, 11) is 4.50. The molecule has 272 valence electrons. The zero-order valence-electron chi connectivity index (χ0n) is 27.7. The Morgan fingerprint density at radius 3 is 2.60 bits per heavy atom. The van der Waals surface area contributed by atoms with E-state index in [1.807, 2.05) is 4.90 Å². The maximum atomic E-state index is 15.0. The summed E-state index contributed by atoms with van der Waals surface area (Å²) < 4.78 is 96.0. The molecule has 0 spiro atoms. The number of amides is 1. The average Bonchev–Trinajstić information content (AvgIpc) is 3.68. The molecule has 3 unspecified atom stereocenters. The lowest BCUT2D eigenvalue weighted by atomic mass is 9.93. The van der Waals surface area contributed by atoms with Gasteiger partial charge in [0.2, 0.25) is 0 Å². The number of methoxy groups -OCH3 is 1. The van der Waals surface area contributed by atoms with Gasteiger partial charge in [-0.1, -0.05) is 11.6 Å². The maximum Gasteiger partial charge on any atom is 0.419 e. The van der Waals surface area contributed by atoms with Crippen LogP contribution in [0.3, 0.4) is 0 Å². The van der Waals surface area contributed by atoms with Crippen LogP contribution < -0.4 is 15.4 Å². The molecule has 4 aliphatic rings. The molecule has 2 aromatic heterocycles. The van der Waals surface area contributed by atoms with Gasteiger partial charge in [0.1, 0.15) is 23.4 Å². The SMILES string of the molecule is COc1nc2c(c(N3CCCn4nc(C(=O)N(C)C)c(Cl)c4C3)n1)COC(c1c(F)c(N)cc(F)c1C(F)(F)F)C2.FC1CC2CCCN2C1. The van der Waals surface area contributed by atoms with E-state index in [4.69, 9.17) is 26.8 Å². The number of aromatic nitrogens is 4. The van der Waals surface area contributed by atoms with Crippen molar-refractivity contribution in [1.29, 1.82) is 0 Å². The lowest BCUT2D eigenvalue weighted by molar-refractivity contribution is -0.142. The minimum Gasteiger partial charge on any atom is -0.467 e. The number of benzene rings is 1. The number of rotatable bonds is 4. The first-order chi connectivity index (χ1) is 23.7. The van der Waals surface area contributed by atoms with Gasteiger partial charge < -0.3 is 25.0 Å². The number of halogens is 7. The highest BCUT2D eigenvalue weighted by Gasteiger charge is 2.43. The van der Waals surface area contributed by atoms with Crippen LogP contribution in [0, 0.1) is 11.6 Å². The molecule has 6 heterocycles. The summed E-state index contributed by atoms with van der Waals surface area (Å²) in [5.74, 6) is -3.10. The van der Waals surface area contributed by atoms with Gasteiger partial charge in [0.15, 0.2) is 11.5 Å². The normalized spacial score (nSPS) is 21.9. The molecule has 2 fully saturated rings. The van der Waals surface area contributed by atoms with E-state index in [2.05, 4.69) is 20.0 Å². The first-order valence-electron chi connectivity index (χ1n) is 16.2. The Balaban J connectivity index is 0.000000412. The third kappa shape index (κ3) is 6.91. The molecule has 2 N–H and O–H groups in total. The Morgan fingerprint density at radius 2 is 1.92 bits per heavy atom. The molecule has 3 atom stereocenters. The molecule has 50 heavy (non-hydrogen) atoms. The summed E-state index contributed by atoms with van der Waals surface area (Å²) in [6.45, 7) is 2.68. The molecular weight excluding hydrogens is 694 g/mol. The van der Waals surface area contributed by atoms with Gasteiger partial charge in [0.05, 0.1) is 48.5 Å². The van der Waals surface area contributed by atoms with Crippen molar-refractivity contribution in [3.63, 3.8) is 0 Å². The van der Waals surface area contributed by atoms with Crippen molar-refractivity contribution < 1.29 is 40.6 Å². The van der Waals surface area contributed by atoms with Crippen molar-refractivity contribution in [2.24, 2.45) is 0 Å². The van der Waals surface area contributed by atoms with Crippen LogP contribution in [-0.2, 0) is 37.0 Å². The van der Waals surface area contributed by atoms with E-state index in [1.165, 1.54) is 24.9 Å². The number of nitrogens with two attached hydrogens (primary N) is 1. The molecule has 1 aromatic carbocycles. The molecule has 0 radical (unpaired) electrons. The van der Waals surface area contributed by atoms with Crippen LogP contribution in [0.1, 0.15) is 70.4 Å². The smallest absolute Gasteiger partial charge is 0.419 e. The number of nitrogen functional groups attached to an aromatic ring is 1. The Morgan fingerprint density at radius 1 is 1.16 bits per heavy atom. The number of carbonyl (C=O) groups is 1. The van der Waals surface area contributed by atoms with Gasteiger partial charge >= 0.3 is 12.2 Å². The summed E-state index contributed by atoms with van der Waals surface area (Å²) in [6.07, 6.45) is -3.67. The van der Waals surface area contributed by atoms with Gasteiger partial charge in [-0.15, -0.1) is 0 Å². The molecule has 11 nitrogen and oxygen atoms in total. The topological polar surface area (TPSA) is 115 Å². The summed E-state index contributed by atoms with van der Waals surface area (Å²) >= 11 is 6.58. The summed E-state index contributed by atoms with van der Waals surface area (Å²) in [4.78, 5) is 26.8. The van der Waals surface area contributed by atoms with E-state index in [1.54, 1.807) is 18.8 Å². The van der Waals surface area contributed by atoms with Crippen LogP contribution in [0.15, 0.2) is 6.07 Å². The Labute approximate surface area is 289 Å². The highest BCUT2D eigenvalue weighted by molar-refractivity contribution is 6.34. The molecule has 3 aromatic rings. The second kappa shape index (κ2) is 14.1. The van der Waals surface area contributed by atoms with Crippen LogP contribution in [0.5, 0.6) is 6.01 Å². The molecule has 0 saturated carbocycles. The van der Waals surface area contributed by atoms with Crippen LogP contribution in [-0.4, -0.2) is 88.5 Å². The fraction of sp³-hybridized carbons (Fsp3) is 0.562. The van der Waals surface area contributed by atoms with Crippen LogP contribution >= 0.6 is 11.6 Å². The number of aryl methyl sites for hydroxylation is 1. The van der Waals surface area contributed by atoms with E-state index >= 15 is 0 Å². The minimum atomic E-state index is -5.20. The van der Waals surface area contributed by atoms with Gasteiger partial charge in [-0.2, -0.15) is 28.2 Å². The van der Waals surface area contributed by atoms with Crippen molar-refractivity contribution in [3.05, 3.63) is 56.5 Å². The monoisotopic (exact) mass is 730 g/mol. The fourth-order valence-electron chi connectivity index (χ4n) is 7.06. The summed E-state index contributed by atoms with van der Waals surface area (Å²) in [6, 6.07) is 0.830. The predicted octanol–water partition coefficient (Wildman–Crippen LogP) is 5.33. The lowest BCUT2D eigenvalue weighted by Gasteiger charge is -2.31. The van der Waals surface area contributed by atoms with Gasteiger partial charge in [0.25, 0.3) is 5.91 Å². The van der Waals surface area contributed by atoms with Crippen molar-refractivity contribution in [2.45, 2.75) is 76.3 Å². The number of hydrogen-bond acceptors (Lipinski definition) is 9. The van der Waals surface area contributed by atoms with Gasteiger partial charge in [-0.3, -0.25) is 14.4 Å². The largest absolute Gasteiger partial charge is 0.467 e. The molecule has 0 aliphatic carbocycles. The molecule has 7 rings (SSSR count). The number of fused-ring (bicyclic) bond motifs is 3. The van der Waals surface area contributed by atoms with Crippen molar-refractivity contribution >= 4 is 29.0 Å². The maximum absolute atomic E-state index is 15.0. The zero-order valence-corrected chi connectivity index (χ0v) is 28.4. The van der Waals surface area contributed by atoms with Crippen LogP contribution in [0.4, 0.5) is 37.8 Å². The molecule has 4 aliphatic heterocycles. The average molecular weight is 731 g/mol. The number of alkyl halides is 4. The second-order valence-corrected chi connectivity index (χ2v) is 13.3. The fourth-order valence-corrected chi connectivity index (χ4v) is 7.34. The van der Waals surface area contributed by atoms with Crippen LogP contribution in [0.2, 0.25) is 5.02 Å². The summed E-state index contributed by atoms with van der Waals surface area (Å²) in [5.41, 5.74) is 3.26. The number of nitrogens with zero attached hydrogens (tertiary/aromatic N) is 7. The first-order valence-corrected chi connectivity index (χ1v) is 16.6. The molecule has 2 saturated heterocycles. The van der Waals surface area contributed by atoms with Gasteiger partial charge in [0, 0.05) is 63.4 Å². The van der Waals surface area contributed by atoms with E-state index in [0.29, 0.717) is 55.2 Å². The lowest BCUT2D eigenvalue weighted by Crippen LogP contribution is -2.29. The standard InChI is InChI=1S/C25H25ClF5N7O3.C7H12FN/c1-36(2)23(39)21-19(26)15-9-37(5-4-6-38(15)35-21)22-11-10-41-16(8-14(11)33-24(34-22)40-3)17-18(25(29,30)31)12(27)7-13(32)20(17)28;8-6-4-7-2-1-3-9(7)5-6/h7,16H,4-6,8-10,32H2,1-3H3;6-7H,1-5H2. The first kappa shape index (κ1) is 36.0. The number of carbonyl (C=O) groups excluding carboxylic acids is 1. The molecular formula is C32H37ClF6N8O3. The van der Waals surface area contributed by atoms with Gasteiger partial charge in [-0.05, 0) is 32.2 Å². The Bertz CT molecular complexity index is 1760. The molecule has 1 amide bonds. The summed E-state index contributed by atoms with van der Waals surface area (Å²) in [5, 5.41) is 4.59. The third-order valence-electron chi connectivity index (χ3n) is 9.43. The van der Waals surface area contributed by atoms with E-state index in [0.717, 1.165) is 13.0 Å². The number of anilines is 2. The van der Waals surface area contributed by atoms with Crippen molar-refractivity contribution in [3.8, 4) is 6.01 Å². The Hall–Kier alpha value is -3.83. The predicted molar refractivity (Wildman–Crippen MR) is 171 cm³/mol. The molecule has 0 bridgehead atoms. The quantitative estimate of drug-likeness (QED) is 0.281. The van der Waals surface area contributed by atoms with Crippen molar-refractivity contribution in [1.82, 2.24) is 29.5 Å². The zero-order chi connectivity index (χ0) is 36.1. The van der Waals surface area contributed by atoms with Gasteiger partial charge in [-0.25, -0.2) is 13.2 Å². The van der Waals surface area contributed by atoms with Crippen LogP contribution in [0.25, 0.3) is 0 Å². The second-order valence-electron chi connectivity index (χ2n) is 12.9. The Kier molecular flexibility index (Phi) is 10.1. The highest BCUT2D eigenvalue weighted by atomic mass is 35.5. The molecule has 18 heteroatoms. The van der Waals surface area contributed by atoms with E-state index in [9.17, 15) is 31.1 Å². The number of hydrogen-bond donors (Lipinski definition) is 1. The minimum absolute atomic E-state index is 0.0815. The van der Waals surface area contributed by atoms with E-state index in [-0.39, 0.29) is 47.9 Å². The number of ether oxygens (including phenoxy) is 2. The van der Waals surface area contributed by atoms with E-state index < -0.39 is 46.9 Å². The third-order valence-corrected chi connectivity index (χ3v) is 9.82. The van der Waals surface area contributed by atoms with Crippen molar-refractivity contribution in [2.75, 3.05) is 51.5 Å². The highest BCUT2D eigenvalue weighted by Crippen LogP contribution is 2.44.